The third kappa shape index (κ3) is 2.88. The molecule has 0 unspecified atom stereocenters. The summed E-state index contributed by atoms with van der Waals surface area (Å²) in [6, 6.07) is 0. The molecule has 10 heavy (non-hydrogen) atoms. The molecule has 1 aliphatic rings. The zero-order valence-corrected chi connectivity index (χ0v) is 6.90. The summed E-state index contributed by atoms with van der Waals surface area (Å²) in [6.45, 7) is 4.02. The first-order valence-electron chi connectivity index (χ1n) is 3.55. The minimum absolute atomic E-state index is 0.657. The second-order valence-electron chi connectivity index (χ2n) is 2.32. The highest BCUT2D eigenvalue weighted by molar-refractivity contribution is 7.99. The Labute approximate surface area is 65.8 Å². The topological polar surface area (TPSA) is 38.5 Å². The summed E-state index contributed by atoms with van der Waals surface area (Å²) >= 11 is 2.02. The largest absolute Gasteiger partial charge is 0.303 e. The van der Waals surface area contributed by atoms with Crippen molar-refractivity contribution < 1.29 is 4.84 Å². The van der Waals surface area contributed by atoms with Crippen LogP contribution in [0.1, 0.15) is 0 Å². The van der Waals surface area contributed by atoms with E-state index in [1.54, 1.807) is 0 Å². The van der Waals surface area contributed by atoms with E-state index in [-0.39, 0.29) is 0 Å². The number of nitrogens with two attached hydrogens (primary N) is 1. The van der Waals surface area contributed by atoms with Gasteiger partial charge in [-0.2, -0.15) is 11.8 Å². The van der Waals surface area contributed by atoms with Gasteiger partial charge < -0.3 is 4.84 Å². The number of hydrogen-bond acceptors (Lipinski definition) is 4. The van der Waals surface area contributed by atoms with E-state index in [0.29, 0.717) is 6.61 Å². The normalized spacial score (nSPS) is 21.3. The summed E-state index contributed by atoms with van der Waals surface area (Å²) in [7, 11) is 0. The summed E-state index contributed by atoms with van der Waals surface area (Å²) in [5, 5.41) is 0. The molecule has 0 saturated carbocycles. The maximum atomic E-state index is 4.91. The lowest BCUT2D eigenvalue weighted by Gasteiger charge is -2.25. The van der Waals surface area contributed by atoms with Gasteiger partial charge in [-0.05, 0) is 0 Å². The highest BCUT2D eigenvalue weighted by Gasteiger charge is 2.08. The van der Waals surface area contributed by atoms with Crippen LogP contribution in [-0.4, -0.2) is 42.6 Å². The van der Waals surface area contributed by atoms with Crippen molar-refractivity contribution in [2.75, 3.05) is 37.7 Å². The Bertz CT molecular complexity index is 85.8. The van der Waals surface area contributed by atoms with Crippen molar-refractivity contribution in [2.24, 2.45) is 5.90 Å². The Morgan fingerprint density at radius 1 is 1.40 bits per heavy atom. The molecule has 2 N–H and O–H groups in total. The van der Waals surface area contributed by atoms with Crippen LogP contribution in [0.5, 0.6) is 0 Å². The van der Waals surface area contributed by atoms with Gasteiger partial charge in [0.15, 0.2) is 0 Å². The van der Waals surface area contributed by atoms with Gasteiger partial charge in [-0.25, -0.2) is 5.90 Å². The summed E-state index contributed by atoms with van der Waals surface area (Å²) in [5.74, 6) is 7.42. The van der Waals surface area contributed by atoms with Crippen molar-refractivity contribution in [3.63, 3.8) is 0 Å². The first-order valence-corrected chi connectivity index (χ1v) is 4.71. The molecule has 1 aliphatic heterocycles. The zero-order valence-electron chi connectivity index (χ0n) is 6.08. The number of rotatable bonds is 3. The second kappa shape index (κ2) is 4.96. The van der Waals surface area contributed by atoms with E-state index in [1.165, 1.54) is 24.6 Å². The van der Waals surface area contributed by atoms with Gasteiger partial charge in [0.2, 0.25) is 0 Å². The summed E-state index contributed by atoms with van der Waals surface area (Å²) in [4.78, 5) is 6.87. The Balaban J connectivity index is 2.02. The molecule has 1 saturated heterocycles. The lowest BCUT2D eigenvalue weighted by atomic mass is 10.5. The lowest BCUT2D eigenvalue weighted by Crippen LogP contribution is -2.35. The fourth-order valence-corrected chi connectivity index (χ4v) is 1.99. The standard InChI is InChI=1S/C6H14N2OS/c7-9-4-1-8-2-5-10-6-3-8/h1-7H2. The van der Waals surface area contributed by atoms with Gasteiger partial charge in [-0.15, -0.1) is 0 Å². The maximum Gasteiger partial charge on any atom is 0.0806 e. The van der Waals surface area contributed by atoms with Gasteiger partial charge in [-0.3, -0.25) is 4.90 Å². The van der Waals surface area contributed by atoms with E-state index in [9.17, 15) is 0 Å². The van der Waals surface area contributed by atoms with Crippen LogP contribution in [0.25, 0.3) is 0 Å². The predicted molar refractivity (Wildman–Crippen MR) is 43.9 cm³/mol. The molecule has 0 aromatic rings. The van der Waals surface area contributed by atoms with Gasteiger partial charge in [0.25, 0.3) is 0 Å². The van der Waals surface area contributed by atoms with Gasteiger partial charge >= 0.3 is 0 Å². The van der Waals surface area contributed by atoms with Gasteiger partial charge in [0.1, 0.15) is 0 Å². The minimum atomic E-state index is 0.657. The molecule has 0 aliphatic carbocycles. The Kier molecular flexibility index (Phi) is 4.13. The molecule has 4 heteroatoms. The third-order valence-electron chi connectivity index (χ3n) is 1.63. The van der Waals surface area contributed by atoms with Crippen molar-refractivity contribution in [1.29, 1.82) is 0 Å². The van der Waals surface area contributed by atoms with Crippen molar-refractivity contribution in [3.05, 3.63) is 0 Å². The number of hydrogen-bond donors (Lipinski definition) is 1. The van der Waals surface area contributed by atoms with E-state index in [0.717, 1.165) is 6.54 Å². The van der Waals surface area contributed by atoms with Crippen LogP contribution in [0.3, 0.4) is 0 Å². The van der Waals surface area contributed by atoms with Crippen molar-refractivity contribution in [3.8, 4) is 0 Å². The molecule has 3 nitrogen and oxygen atoms in total. The van der Waals surface area contributed by atoms with Crippen LogP contribution in [0.2, 0.25) is 0 Å². The van der Waals surface area contributed by atoms with E-state index < -0.39 is 0 Å². The fourth-order valence-electron chi connectivity index (χ4n) is 1.01. The molecule has 1 rings (SSSR count). The lowest BCUT2D eigenvalue weighted by molar-refractivity contribution is 0.109. The molecule has 0 bridgehead atoms. The van der Waals surface area contributed by atoms with Gasteiger partial charge in [-0.1, -0.05) is 0 Å². The molecule has 0 amide bonds. The van der Waals surface area contributed by atoms with E-state index in [2.05, 4.69) is 9.74 Å². The zero-order chi connectivity index (χ0) is 7.23. The van der Waals surface area contributed by atoms with Crippen LogP contribution in [0, 0.1) is 0 Å². The Morgan fingerprint density at radius 3 is 2.70 bits per heavy atom. The first-order chi connectivity index (χ1) is 4.93. The second-order valence-corrected chi connectivity index (χ2v) is 3.55. The minimum Gasteiger partial charge on any atom is -0.303 e. The van der Waals surface area contributed by atoms with Crippen LogP contribution in [-0.2, 0) is 4.84 Å². The summed E-state index contributed by atoms with van der Waals surface area (Å²) < 4.78 is 0. The molecule has 60 valence electrons. The third-order valence-corrected chi connectivity index (χ3v) is 2.57. The maximum absolute atomic E-state index is 4.91. The van der Waals surface area contributed by atoms with E-state index in [1.807, 2.05) is 11.8 Å². The van der Waals surface area contributed by atoms with Gasteiger partial charge in [0, 0.05) is 31.1 Å². The van der Waals surface area contributed by atoms with Crippen LogP contribution in [0.4, 0.5) is 0 Å². The van der Waals surface area contributed by atoms with Crippen molar-refractivity contribution >= 4 is 11.8 Å². The van der Waals surface area contributed by atoms with Gasteiger partial charge in [0.05, 0.1) is 6.61 Å². The SMILES string of the molecule is NOCCN1CCSCC1. The number of nitrogens with zero attached hydrogens (tertiary/aromatic N) is 1. The van der Waals surface area contributed by atoms with Crippen molar-refractivity contribution in [2.45, 2.75) is 0 Å². The van der Waals surface area contributed by atoms with E-state index >= 15 is 0 Å². The fraction of sp³-hybridized carbons (Fsp3) is 1.00. The molecule has 1 fully saturated rings. The molecule has 0 atom stereocenters. The highest BCUT2D eigenvalue weighted by Crippen LogP contribution is 2.07. The average molecular weight is 162 g/mol. The van der Waals surface area contributed by atoms with Crippen LogP contribution in [0.15, 0.2) is 0 Å². The first kappa shape index (κ1) is 8.33. The predicted octanol–water partition coefficient (Wildman–Crippen LogP) is -0.0745. The average Bonchev–Trinajstić information content (AvgIpc) is 2.03. The molecular weight excluding hydrogens is 148 g/mol. The molecule has 0 aromatic carbocycles. The molecule has 0 aromatic heterocycles. The Morgan fingerprint density at radius 2 is 2.10 bits per heavy atom. The quantitative estimate of drug-likeness (QED) is 0.589. The van der Waals surface area contributed by atoms with Crippen molar-refractivity contribution in [1.82, 2.24) is 4.90 Å². The van der Waals surface area contributed by atoms with Crippen LogP contribution < -0.4 is 5.90 Å². The summed E-state index contributed by atoms with van der Waals surface area (Å²) in [5.41, 5.74) is 0. The molecule has 1 heterocycles. The Hall–Kier alpha value is 0.230. The molecule has 0 radical (unpaired) electrons. The smallest absolute Gasteiger partial charge is 0.0806 e. The monoisotopic (exact) mass is 162 g/mol. The molecular formula is C6H14N2OS. The van der Waals surface area contributed by atoms with Crippen LogP contribution >= 0.6 is 11.8 Å². The number of thioether (sulfide) groups is 1. The van der Waals surface area contributed by atoms with E-state index in [4.69, 9.17) is 5.90 Å². The summed E-state index contributed by atoms with van der Waals surface area (Å²) in [6.07, 6.45) is 0. The highest BCUT2D eigenvalue weighted by atomic mass is 32.2. The molecule has 0 spiro atoms.